The molecule has 0 aromatic rings. The van der Waals surface area contributed by atoms with Gasteiger partial charge in [0.2, 0.25) is 5.91 Å². The molecule has 1 aliphatic rings. The lowest BCUT2D eigenvalue weighted by molar-refractivity contribution is -0.298. The summed E-state index contributed by atoms with van der Waals surface area (Å²) < 4.78 is 47.6. The second kappa shape index (κ2) is 38.1. The first kappa shape index (κ1) is 56.6. The maximum absolute atomic E-state index is 13.0. The molecule has 0 spiro atoms. The van der Waals surface area contributed by atoms with Crippen LogP contribution in [-0.4, -0.2) is 95.4 Å². The van der Waals surface area contributed by atoms with E-state index >= 15 is 0 Å². The molecule has 354 valence electrons. The molecule has 7 atom stereocenters. The van der Waals surface area contributed by atoms with E-state index in [2.05, 4.69) is 35.5 Å². The Morgan fingerprint density at radius 2 is 1.07 bits per heavy atom. The number of hydrogen-bond acceptors (Lipinski definition) is 10. The number of amides is 1. The van der Waals surface area contributed by atoms with Crippen LogP contribution < -0.4 is 5.32 Å². The molecule has 0 aromatic heterocycles. The van der Waals surface area contributed by atoms with Crippen LogP contribution >= 0.6 is 0 Å². The van der Waals surface area contributed by atoms with Gasteiger partial charge >= 0.3 is 10.4 Å². The average molecular weight is 876 g/mol. The largest absolute Gasteiger partial charge is 0.397 e. The van der Waals surface area contributed by atoms with Crippen LogP contribution in [0.5, 0.6) is 0 Å². The maximum Gasteiger partial charge on any atom is 0.397 e. The molecule has 13 heteroatoms. The van der Waals surface area contributed by atoms with Crippen molar-refractivity contribution >= 4 is 16.3 Å². The molecule has 12 nitrogen and oxygen atoms in total. The summed E-state index contributed by atoms with van der Waals surface area (Å²) in [5, 5.41) is 44.7. The van der Waals surface area contributed by atoms with Gasteiger partial charge in [-0.3, -0.25) is 9.35 Å². The molecule has 1 aliphatic heterocycles. The maximum atomic E-state index is 13.0. The predicted molar refractivity (Wildman–Crippen MR) is 241 cm³/mol. The zero-order valence-electron chi connectivity index (χ0n) is 37.8. The lowest BCUT2D eigenvalue weighted by Gasteiger charge is -2.41. The van der Waals surface area contributed by atoms with Gasteiger partial charge in [-0.25, -0.2) is 4.18 Å². The number of ether oxygens (including phenoxy) is 2. The van der Waals surface area contributed by atoms with Crippen molar-refractivity contribution in [2.45, 2.75) is 256 Å². The van der Waals surface area contributed by atoms with Gasteiger partial charge in [0.1, 0.15) is 24.4 Å². The number of carbonyl (C=O) groups is 1. The summed E-state index contributed by atoms with van der Waals surface area (Å²) in [6.45, 7) is 3.39. The SMILES string of the molecule is CCCCCCCCCCC/C=C\CCCCCCCC(=O)NC(COC1OC(CO)C(O)C(OS(=O)(=O)O)C1O)C(O)/C=C/CCCCCCCCCCCCCCC. The third-order valence-corrected chi connectivity index (χ3v) is 11.9. The summed E-state index contributed by atoms with van der Waals surface area (Å²) in [4.78, 5) is 13.0. The summed E-state index contributed by atoms with van der Waals surface area (Å²) in [5.41, 5.74) is 0. The van der Waals surface area contributed by atoms with Crippen LogP contribution in [0.2, 0.25) is 0 Å². The van der Waals surface area contributed by atoms with Crippen LogP contribution in [-0.2, 0) is 28.9 Å². The summed E-state index contributed by atoms with van der Waals surface area (Å²) in [6.07, 6.45) is 35.0. The van der Waals surface area contributed by atoms with Crippen molar-refractivity contribution in [2.75, 3.05) is 13.2 Å². The van der Waals surface area contributed by atoms with Gasteiger partial charge in [-0.05, 0) is 44.9 Å². The second-order valence-corrected chi connectivity index (χ2v) is 18.1. The summed E-state index contributed by atoms with van der Waals surface area (Å²) in [5.74, 6) is -0.270. The monoisotopic (exact) mass is 876 g/mol. The van der Waals surface area contributed by atoms with Crippen LogP contribution in [0.1, 0.15) is 213 Å². The van der Waals surface area contributed by atoms with E-state index in [0.29, 0.717) is 6.42 Å². The van der Waals surface area contributed by atoms with E-state index in [0.717, 1.165) is 57.8 Å². The number of rotatable bonds is 41. The highest BCUT2D eigenvalue weighted by atomic mass is 32.3. The first-order valence-corrected chi connectivity index (χ1v) is 25.6. The van der Waals surface area contributed by atoms with E-state index in [4.69, 9.17) is 9.47 Å². The standard InChI is InChI=1S/C47H89NO11S/c1-3-5-7-9-11-13-15-17-19-20-21-23-25-27-29-31-33-35-37-43(51)48-40(39-57-47-45(53)46(59-60(54,55)56)44(52)42(38-49)58-47)41(50)36-34-32-30-28-26-24-22-18-16-14-12-10-8-6-4-2/h21,23,34,36,40-42,44-47,49-50,52-53H,3-20,22,24-33,35,37-39H2,1-2H3,(H,48,51)(H,54,55,56)/b23-21-,36-34+. The van der Waals surface area contributed by atoms with Crippen LogP contribution in [0.15, 0.2) is 24.3 Å². The van der Waals surface area contributed by atoms with E-state index < -0.39 is 59.9 Å². The van der Waals surface area contributed by atoms with Crippen molar-refractivity contribution in [1.82, 2.24) is 5.32 Å². The lowest BCUT2D eigenvalue weighted by Crippen LogP contribution is -2.61. The van der Waals surface area contributed by atoms with Crippen LogP contribution in [0.25, 0.3) is 0 Å². The summed E-state index contributed by atoms with van der Waals surface area (Å²) in [7, 11) is -5.08. The molecule has 1 rings (SSSR count). The van der Waals surface area contributed by atoms with Crippen LogP contribution in [0, 0.1) is 0 Å². The fraction of sp³-hybridized carbons (Fsp3) is 0.894. The first-order valence-electron chi connectivity index (χ1n) is 24.2. The number of aliphatic hydroxyl groups excluding tert-OH is 4. The smallest absolute Gasteiger partial charge is 0.394 e. The van der Waals surface area contributed by atoms with Gasteiger partial charge in [0.05, 0.1) is 25.4 Å². The zero-order valence-corrected chi connectivity index (χ0v) is 38.6. The molecular weight excluding hydrogens is 787 g/mol. The number of nitrogens with one attached hydrogen (secondary N) is 1. The van der Waals surface area contributed by atoms with Gasteiger partial charge in [-0.15, -0.1) is 0 Å². The van der Waals surface area contributed by atoms with Gasteiger partial charge in [0, 0.05) is 6.42 Å². The molecule has 7 unspecified atom stereocenters. The third-order valence-electron chi connectivity index (χ3n) is 11.5. The van der Waals surface area contributed by atoms with E-state index in [1.807, 2.05) is 6.08 Å². The van der Waals surface area contributed by atoms with Crippen molar-refractivity contribution in [3.63, 3.8) is 0 Å². The van der Waals surface area contributed by atoms with Gasteiger partial charge in [-0.1, -0.05) is 186 Å². The van der Waals surface area contributed by atoms with E-state index in [1.165, 1.54) is 128 Å². The Kier molecular flexibility index (Phi) is 35.9. The number of carbonyl (C=O) groups excluding carboxylic acids is 1. The minimum atomic E-state index is -5.08. The quantitative estimate of drug-likeness (QED) is 0.0195. The molecular formula is C47H89NO11S. The Labute approximate surface area is 365 Å². The van der Waals surface area contributed by atoms with Crippen molar-refractivity contribution in [2.24, 2.45) is 0 Å². The molecule has 0 bridgehead atoms. The number of hydrogen-bond donors (Lipinski definition) is 6. The minimum Gasteiger partial charge on any atom is -0.394 e. The normalized spacial score (nSPS) is 20.9. The highest BCUT2D eigenvalue weighted by molar-refractivity contribution is 7.80. The van der Waals surface area contributed by atoms with Crippen LogP contribution in [0.4, 0.5) is 0 Å². The average Bonchev–Trinajstić information content (AvgIpc) is 3.22. The molecule has 0 saturated carbocycles. The molecule has 1 amide bonds. The predicted octanol–water partition coefficient (Wildman–Crippen LogP) is 9.72. The Morgan fingerprint density at radius 1 is 0.650 bits per heavy atom. The first-order chi connectivity index (χ1) is 29.0. The Balaban J connectivity index is 2.50. The van der Waals surface area contributed by atoms with Gasteiger partial charge in [0.15, 0.2) is 6.29 Å². The molecule has 6 N–H and O–H groups in total. The molecule has 0 aromatic carbocycles. The zero-order chi connectivity index (χ0) is 44.1. The van der Waals surface area contributed by atoms with E-state index in [1.54, 1.807) is 6.08 Å². The van der Waals surface area contributed by atoms with Crippen molar-refractivity contribution in [1.29, 1.82) is 0 Å². The van der Waals surface area contributed by atoms with Gasteiger partial charge in [0.25, 0.3) is 0 Å². The fourth-order valence-electron chi connectivity index (χ4n) is 7.68. The summed E-state index contributed by atoms with van der Waals surface area (Å²) >= 11 is 0. The number of unbranched alkanes of at least 4 members (excludes halogenated alkanes) is 27. The Hall–Kier alpha value is -1.42. The van der Waals surface area contributed by atoms with Gasteiger partial charge in [-0.2, -0.15) is 8.42 Å². The van der Waals surface area contributed by atoms with Crippen molar-refractivity contribution in [3.05, 3.63) is 24.3 Å². The second-order valence-electron chi connectivity index (χ2n) is 17.0. The van der Waals surface area contributed by atoms with E-state index in [9.17, 15) is 38.2 Å². The molecule has 0 aliphatic carbocycles. The third kappa shape index (κ3) is 30.6. The van der Waals surface area contributed by atoms with Gasteiger partial charge < -0.3 is 35.2 Å². The lowest BCUT2D eigenvalue weighted by atomic mass is 9.99. The van der Waals surface area contributed by atoms with Crippen molar-refractivity contribution < 1.29 is 51.8 Å². The molecule has 1 fully saturated rings. The molecule has 1 saturated heterocycles. The molecule has 60 heavy (non-hydrogen) atoms. The minimum absolute atomic E-state index is 0.260. The van der Waals surface area contributed by atoms with E-state index in [-0.39, 0.29) is 18.9 Å². The van der Waals surface area contributed by atoms with Crippen molar-refractivity contribution in [3.8, 4) is 0 Å². The fourth-order valence-corrected chi connectivity index (χ4v) is 8.19. The topological polar surface area (TPSA) is 192 Å². The molecule has 0 radical (unpaired) electrons. The summed E-state index contributed by atoms with van der Waals surface area (Å²) in [6, 6.07) is -0.945. The number of allylic oxidation sites excluding steroid dienone is 3. The van der Waals surface area contributed by atoms with Crippen LogP contribution in [0.3, 0.4) is 0 Å². The number of aliphatic hydroxyl groups is 4. The molecule has 1 heterocycles. The Bertz CT molecular complexity index is 1170. The highest BCUT2D eigenvalue weighted by Crippen LogP contribution is 2.26. The highest BCUT2D eigenvalue weighted by Gasteiger charge is 2.48. The Morgan fingerprint density at radius 3 is 1.50 bits per heavy atom.